The smallest absolute Gasteiger partial charge is 0.237 e. The maximum absolute atomic E-state index is 12.1. The number of hydrogen-bond donors (Lipinski definition) is 2. The van der Waals surface area contributed by atoms with Crippen molar-refractivity contribution >= 4 is 17.7 Å². The first-order valence-corrected chi connectivity index (χ1v) is 8.79. The predicted molar refractivity (Wildman–Crippen MR) is 86.8 cm³/mol. The van der Waals surface area contributed by atoms with Gasteiger partial charge in [-0.05, 0) is 38.9 Å². The number of carbonyl (C=O) groups is 1. The van der Waals surface area contributed by atoms with Gasteiger partial charge in [-0.2, -0.15) is 11.8 Å². The summed E-state index contributed by atoms with van der Waals surface area (Å²) in [7, 11) is 0. The number of nitrogens with one attached hydrogen (secondary N) is 2. The van der Waals surface area contributed by atoms with Crippen molar-refractivity contribution in [2.75, 3.05) is 12.8 Å². The van der Waals surface area contributed by atoms with E-state index in [1.807, 2.05) is 18.7 Å². The molecule has 1 atom stereocenters. The Morgan fingerprint density at radius 1 is 1.16 bits per heavy atom. The monoisotopic (exact) mass is 288 g/mol. The molecule has 0 aliphatic rings. The Bertz CT molecular complexity index is 242. The predicted octanol–water partition coefficient (Wildman–Crippen LogP) is 3.19. The molecule has 0 saturated heterocycles. The van der Waals surface area contributed by atoms with Gasteiger partial charge < -0.3 is 10.6 Å². The third-order valence-electron chi connectivity index (χ3n) is 4.18. The molecule has 0 aromatic rings. The zero-order valence-electron chi connectivity index (χ0n) is 13.5. The Morgan fingerprint density at radius 3 is 2.05 bits per heavy atom. The average Bonchev–Trinajstić information content (AvgIpc) is 2.46. The zero-order chi connectivity index (χ0) is 14.9. The van der Waals surface area contributed by atoms with Crippen LogP contribution in [0.1, 0.15) is 60.3 Å². The average molecular weight is 289 g/mol. The molecular weight excluding hydrogens is 256 g/mol. The van der Waals surface area contributed by atoms with Crippen LogP contribution in [-0.4, -0.2) is 35.5 Å². The van der Waals surface area contributed by atoms with Crippen LogP contribution in [0.5, 0.6) is 0 Å². The van der Waals surface area contributed by atoms with Crippen LogP contribution in [0.25, 0.3) is 0 Å². The molecule has 0 heterocycles. The summed E-state index contributed by atoms with van der Waals surface area (Å²) in [4.78, 5) is 12.1. The molecule has 0 aromatic carbocycles. The van der Waals surface area contributed by atoms with Crippen LogP contribution in [-0.2, 0) is 4.79 Å². The quantitative estimate of drug-likeness (QED) is 0.648. The van der Waals surface area contributed by atoms with Crippen LogP contribution in [0.15, 0.2) is 0 Å². The Hall–Kier alpha value is -0.220. The van der Waals surface area contributed by atoms with Crippen molar-refractivity contribution in [2.45, 2.75) is 77.1 Å². The highest BCUT2D eigenvalue weighted by molar-refractivity contribution is 8.00. The van der Waals surface area contributed by atoms with Gasteiger partial charge in [0.1, 0.15) is 0 Å². The summed E-state index contributed by atoms with van der Waals surface area (Å²) in [5.74, 6) is 0.121. The highest BCUT2D eigenvalue weighted by atomic mass is 32.2. The molecule has 0 aliphatic carbocycles. The lowest BCUT2D eigenvalue weighted by molar-refractivity contribution is -0.123. The standard InChI is InChI=1S/C15H32N2OS/c1-7-13(8-2)17-14(18)12(5)16-11-15(9-3,10-4)19-6/h12-13,16H,7-11H2,1-6H3,(H,17,18). The number of amides is 1. The second-order valence-corrected chi connectivity index (χ2v) is 6.49. The van der Waals surface area contributed by atoms with E-state index in [0.717, 1.165) is 32.2 Å². The maximum Gasteiger partial charge on any atom is 0.237 e. The Balaban J connectivity index is 4.29. The topological polar surface area (TPSA) is 41.1 Å². The summed E-state index contributed by atoms with van der Waals surface area (Å²) < 4.78 is 0.253. The Kier molecular flexibility index (Phi) is 9.54. The number of carbonyl (C=O) groups excluding carboxylic acids is 1. The van der Waals surface area contributed by atoms with Crippen molar-refractivity contribution in [3.63, 3.8) is 0 Å². The molecule has 0 bridgehead atoms. The third kappa shape index (κ3) is 6.17. The lowest BCUT2D eigenvalue weighted by Crippen LogP contribution is -2.49. The van der Waals surface area contributed by atoms with E-state index in [1.54, 1.807) is 0 Å². The first-order chi connectivity index (χ1) is 8.98. The fourth-order valence-corrected chi connectivity index (χ4v) is 2.92. The molecular formula is C15H32N2OS. The van der Waals surface area contributed by atoms with Crippen molar-refractivity contribution < 1.29 is 4.79 Å². The molecule has 0 aliphatic heterocycles. The normalized spacial score (nSPS) is 13.6. The zero-order valence-corrected chi connectivity index (χ0v) is 14.3. The fraction of sp³-hybridized carbons (Fsp3) is 0.933. The number of thioether (sulfide) groups is 1. The van der Waals surface area contributed by atoms with Gasteiger partial charge in [0.05, 0.1) is 6.04 Å². The second-order valence-electron chi connectivity index (χ2n) is 5.22. The van der Waals surface area contributed by atoms with Crippen molar-refractivity contribution in [2.24, 2.45) is 0 Å². The van der Waals surface area contributed by atoms with Gasteiger partial charge in [-0.15, -0.1) is 0 Å². The summed E-state index contributed by atoms with van der Waals surface area (Å²) in [6.45, 7) is 11.5. The van der Waals surface area contributed by atoms with E-state index in [4.69, 9.17) is 0 Å². The lowest BCUT2D eigenvalue weighted by Gasteiger charge is -2.31. The van der Waals surface area contributed by atoms with E-state index in [0.29, 0.717) is 6.04 Å². The van der Waals surface area contributed by atoms with E-state index in [9.17, 15) is 4.79 Å². The van der Waals surface area contributed by atoms with Crippen molar-refractivity contribution in [3.05, 3.63) is 0 Å². The minimum Gasteiger partial charge on any atom is -0.352 e. The second kappa shape index (κ2) is 9.65. The summed E-state index contributed by atoms with van der Waals surface area (Å²) in [5.41, 5.74) is 0. The summed E-state index contributed by atoms with van der Waals surface area (Å²) in [6.07, 6.45) is 6.39. The van der Waals surface area contributed by atoms with Crippen LogP contribution < -0.4 is 10.6 Å². The van der Waals surface area contributed by atoms with Gasteiger partial charge >= 0.3 is 0 Å². The van der Waals surface area contributed by atoms with Gasteiger partial charge in [0.25, 0.3) is 0 Å². The van der Waals surface area contributed by atoms with Gasteiger partial charge in [-0.25, -0.2) is 0 Å². The molecule has 0 aromatic heterocycles. The van der Waals surface area contributed by atoms with Crippen molar-refractivity contribution in [1.82, 2.24) is 10.6 Å². The van der Waals surface area contributed by atoms with Gasteiger partial charge in [0.15, 0.2) is 0 Å². The minimum atomic E-state index is -0.120. The molecule has 3 nitrogen and oxygen atoms in total. The van der Waals surface area contributed by atoms with Gasteiger partial charge in [0, 0.05) is 17.3 Å². The number of hydrogen-bond acceptors (Lipinski definition) is 3. The van der Waals surface area contributed by atoms with Gasteiger partial charge in [-0.3, -0.25) is 4.79 Å². The molecule has 0 radical (unpaired) electrons. The number of rotatable bonds is 10. The van der Waals surface area contributed by atoms with Crippen LogP contribution in [0.3, 0.4) is 0 Å². The first-order valence-electron chi connectivity index (χ1n) is 7.57. The summed E-state index contributed by atoms with van der Waals surface area (Å²) in [6, 6.07) is 0.185. The van der Waals surface area contributed by atoms with E-state index in [1.165, 1.54) is 0 Å². The first kappa shape index (κ1) is 18.8. The third-order valence-corrected chi connectivity index (χ3v) is 5.77. The largest absolute Gasteiger partial charge is 0.352 e. The van der Waals surface area contributed by atoms with Crippen LogP contribution in [0.4, 0.5) is 0 Å². The highest BCUT2D eigenvalue weighted by Gasteiger charge is 2.26. The van der Waals surface area contributed by atoms with Gasteiger partial charge in [0.2, 0.25) is 5.91 Å². The van der Waals surface area contributed by atoms with E-state index >= 15 is 0 Å². The molecule has 0 rings (SSSR count). The van der Waals surface area contributed by atoms with Crippen molar-refractivity contribution in [1.29, 1.82) is 0 Å². The Morgan fingerprint density at radius 2 is 1.68 bits per heavy atom. The molecule has 19 heavy (non-hydrogen) atoms. The highest BCUT2D eigenvalue weighted by Crippen LogP contribution is 2.29. The van der Waals surface area contributed by atoms with E-state index in [2.05, 4.69) is 44.6 Å². The molecule has 1 amide bonds. The van der Waals surface area contributed by atoms with Crippen molar-refractivity contribution in [3.8, 4) is 0 Å². The maximum atomic E-state index is 12.1. The fourth-order valence-electron chi connectivity index (χ4n) is 2.11. The summed E-state index contributed by atoms with van der Waals surface area (Å²) in [5, 5.41) is 6.49. The van der Waals surface area contributed by atoms with Crippen LogP contribution >= 0.6 is 11.8 Å². The van der Waals surface area contributed by atoms with Crippen LogP contribution in [0.2, 0.25) is 0 Å². The molecule has 4 heteroatoms. The molecule has 0 spiro atoms. The Labute approximate surface area is 123 Å². The SMILES string of the molecule is CCC(CC)NC(=O)C(C)NCC(CC)(CC)SC. The molecule has 0 fully saturated rings. The molecule has 2 N–H and O–H groups in total. The lowest BCUT2D eigenvalue weighted by atomic mass is 10.0. The molecule has 114 valence electrons. The van der Waals surface area contributed by atoms with Gasteiger partial charge in [-0.1, -0.05) is 27.7 Å². The summed E-state index contributed by atoms with van der Waals surface area (Å²) >= 11 is 1.90. The van der Waals surface area contributed by atoms with Crippen LogP contribution in [0, 0.1) is 0 Å². The molecule has 0 saturated carbocycles. The minimum absolute atomic E-state index is 0.120. The van der Waals surface area contributed by atoms with E-state index < -0.39 is 0 Å². The molecule has 1 unspecified atom stereocenters. The van der Waals surface area contributed by atoms with E-state index in [-0.39, 0.29) is 16.7 Å².